The number of aryl methyl sites for hydroxylation is 2. The summed E-state index contributed by atoms with van der Waals surface area (Å²) in [6.07, 6.45) is 0.719. The Morgan fingerprint density at radius 1 is 1.20 bits per heavy atom. The van der Waals surface area contributed by atoms with E-state index in [9.17, 15) is 14.7 Å². The van der Waals surface area contributed by atoms with E-state index in [-0.39, 0.29) is 18.2 Å². The van der Waals surface area contributed by atoms with Crippen LogP contribution in [0, 0.1) is 0 Å². The molecule has 0 unspecified atom stereocenters. The molecule has 0 saturated carbocycles. The fourth-order valence-electron chi connectivity index (χ4n) is 2.11. The van der Waals surface area contributed by atoms with Crippen molar-refractivity contribution in [2.45, 2.75) is 19.4 Å². The van der Waals surface area contributed by atoms with Crippen molar-refractivity contribution in [3.05, 3.63) is 20.8 Å². The molecule has 8 nitrogen and oxygen atoms in total. The van der Waals surface area contributed by atoms with E-state index in [0.717, 1.165) is 11.0 Å². The molecule has 0 amide bonds. The van der Waals surface area contributed by atoms with Crippen LogP contribution >= 0.6 is 0 Å². The van der Waals surface area contributed by atoms with Gasteiger partial charge in [-0.25, -0.2) is 4.79 Å². The Hall–Kier alpha value is -2.09. The topological polar surface area (TPSA) is 94.1 Å². The van der Waals surface area contributed by atoms with Crippen molar-refractivity contribution in [3.63, 3.8) is 0 Å². The maximum atomic E-state index is 12.2. The molecule has 0 spiro atoms. The predicted molar refractivity (Wildman–Crippen MR) is 76.0 cm³/mol. The van der Waals surface area contributed by atoms with Crippen molar-refractivity contribution in [2.24, 2.45) is 21.1 Å². The number of hydrogen-bond donors (Lipinski definition) is 2. The van der Waals surface area contributed by atoms with Gasteiger partial charge in [-0.3, -0.25) is 13.9 Å². The summed E-state index contributed by atoms with van der Waals surface area (Å²) in [5.41, 5.74) is -0.120. The minimum atomic E-state index is -0.415. The predicted octanol–water partition coefficient (Wildman–Crippen LogP) is -0.846. The van der Waals surface area contributed by atoms with Crippen LogP contribution in [-0.2, 0) is 21.1 Å². The van der Waals surface area contributed by atoms with Crippen molar-refractivity contribution in [1.82, 2.24) is 18.7 Å². The zero-order valence-corrected chi connectivity index (χ0v) is 12.0. The first kappa shape index (κ1) is 14.3. The molecule has 20 heavy (non-hydrogen) atoms. The van der Waals surface area contributed by atoms with E-state index in [1.54, 1.807) is 18.7 Å². The molecule has 0 aliphatic carbocycles. The van der Waals surface area contributed by atoms with E-state index in [2.05, 4.69) is 10.3 Å². The second-order valence-electron chi connectivity index (χ2n) is 4.80. The summed E-state index contributed by atoms with van der Waals surface area (Å²) in [5, 5.41) is 12.3. The monoisotopic (exact) mass is 281 g/mol. The number of hydrogen-bond acceptors (Lipinski definition) is 5. The highest BCUT2D eigenvalue weighted by atomic mass is 16.3. The first-order valence-corrected chi connectivity index (χ1v) is 6.42. The fourth-order valence-corrected chi connectivity index (χ4v) is 2.11. The van der Waals surface area contributed by atoms with Crippen molar-refractivity contribution < 1.29 is 5.11 Å². The van der Waals surface area contributed by atoms with Crippen LogP contribution in [0.1, 0.15) is 13.3 Å². The van der Waals surface area contributed by atoms with Crippen LogP contribution < -0.4 is 16.6 Å². The Bertz CT molecular complexity index is 751. The van der Waals surface area contributed by atoms with Gasteiger partial charge < -0.3 is 15.0 Å². The SMILES string of the molecule is CC[C@@H](CO)Nc1nc2c(c(=O)n(C)c(=O)n2C)n1C. The molecule has 0 radical (unpaired) electrons. The Labute approximate surface area is 115 Å². The van der Waals surface area contributed by atoms with Gasteiger partial charge in [0.2, 0.25) is 5.95 Å². The third-order valence-corrected chi connectivity index (χ3v) is 3.52. The number of imidazole rings is 1. The van der Waals surface area contributed by atoms with Gasteiger partial charge in [0.05, 0.1) is 12.6 Å². The van der Waals surface area contributed by atoms with Crippen molar-refractivity contribution >= 4 is 17.1 Å². The minimum absolute atomic E-state index is 0.0311. The lowest BCUT2D eigenvalue weighted by Crippen LogP contribution is -2.37. The zero-order valence-electron chi connectivity index (χ0n) is 12.0. The molecule has 0 aliphatic rings. The fraction of sp³-hybridized carbons (Fsp3) is 0.583. The lowest BCUT2D eigenvalue weighted by molar-refractivity contribution is 0.271. The van der Waals surface area contributed by atoms with Crippen LogP contribution in [0.2, 0.25) is 0 Å². The summed E-state index contributed by atoms with van der Waals surface area (Å²) in [5.74, 6) is 0.458. The van der Waals surface area contributed by atoms with Crippen LogP contribution in [0.25, 0.3) is 11.2 Å². The molecule has 2 rings (SSSR count). The molecule has 0 aromatic carbocycles. The number of fused-ring (bicyclic) bond motifs is 1. The Balaban J connectivity index is 2.70. The average Bonchev–Trinajstić information content (AvgIpc) is 2.77. The molecule has 2 aromatic rings. The molecule has 1 atom stereocenters. The molecular weight excluding hydrogens is 262 g/mol. The molecule has 8 heteroatoms. The van der Waals surface area contributed by atoms with Crippen LogP contribution in [0.5, 0.6) is 0 Å². The van der Waals surface area contributed by atoms with Gasteiger partial charge in [0.15, 0.2) is 11.2 Å². The smallest absolute Gasteiger partial charge is 0.332 e. The maximum absolute atomic E-state index is 12.2. The first-order chi connectivity index (χ1) is 9.42. The summed E-state index contributed by atoms with van der Waals surface area (Å²) in [4.78, 5) is 28.3. The number of anilines is 1. The quantitative estimate of drug-likeness (QED) is 0.761. The van der Waals surface area contributed by atoms with Crippen molar-refractivity contribution in [3.8, 4) is 0 Å². The van der Waals surface area contributed by atoms with Gasteiger partial charge in [-0.1, -0.05) is 6.92 Å². The number of rotatable bonds is 4. The van der Waals surface area contributed by atoms with E-state index in [1.165, 1.54) is 11.6 Å². The second-order valence-corrected chi connectivity index (χ2v) is 4.80. The van der Waals surface area contributed by atoms with Crippen LogP contribution in [0.15, 0.2) is 9.59 Å². The Morgan fingerprint density at radius 3 is 2.40 bits per heavy atom. The molecule has 0 fully saturated rings. The molecule has 110 valence electrons. The van der Waals surface area contributed by atoms with E-state index in [1.807, 2.05) is 6.92 Å². The summed E-state index contributed by atoms with van der Waals surface area (Å²) < 4.78 is 3.99. The molecular formula is C12H19N5O3. The van der Waals surface area contributed by atoms with Gasteiger partial charge in [0, 0.05) is 21.1 Å². The van der Waals surface area contributed by atoms with Gasteiger partial charge in [-0.15, -0.1) is 0 Å². The second kappa shape index (κ2) is 5.12. The Kier molecular flexibility index (Phi) is 3.67. The van der Waals surface area contributed by atoms with E-state index in [0.29, 0.717) is 17.1 Å². The molecule has 2 N–H and O–H groups in total. The van der Waals surface area contributed by atoms with Gasteiger partial charge in [-0.2, -0.15) is 4.98 Å². The lowest BCUT2D eigenvalue weighted by Gasteiger charge is -2.14. The molecule has 0 aliphatic heterocycles. The summed E-state index contributed by atoms with van der Waals surface area (Å²) >= 11 is 0. The average molecular weight is 281 g/mol. The van der Waals surface area contributed by atoms with E-state index < -0.39 is 5.69 Å². The van der Waals surface area contributed by atoms with Gasteiger partial charge in [-0.05, 0) is 6.42 Å². The third-order valence-electron chi connectivity index (χ3n) is 3.52. The highest BCUT2D eigenvalue weighted by Crippen LogP contribution is 2.14. The highest BCUT2D eigenvalue weighted by molar-refractivity contribution is 5.74. The molecule has 2 heterocycles. The minimum Gasteiger partial charge on any atom is -0.394 e. The van der Waals surface area contributed by atoms with Crippen molar-refractivity contribution in [2.75, 3.05) is 11.9 Å². The number of aliphatic hydroxyl groups excluding tert-OH is 1. The van der Waals surface area contributed by atoms with Crippen LogP contribution in [0.3, 0.4) is 0 Å². The lowest BCUT2D eigenvalue weighted by atomic mass is 10.2. The van der Waals surface area contributed by atoms with Gasteiger partial charge >= 0.3 is 5.69 Å². The summed E-state index contributed by atoms with van der Waals surface area (Å²) in [6.45, 7) is 1.90. The highest BCUT2D eigenvalue weighted by Gasteiger charge is 2.18. The van der Waals surface area contributed by atoms with Crippen molar-refractivity contribution in [1.29, 1.82) is 0 Å². The van der Waals surface area contributed by atoms with Gasteiger partial charge in [0.25, 0.3) is 5.56 Å². The summed E-state index contributed by atoms with van der Waals surface area (Å²) in [7, 11) is 4.71. The number of nitrogens with one attached hydrogen (secondary N) is 1. The Morgan fingerprint density at radius 2 is 1.85 bits per heavy atom. The zero-order chi connectivity index (χ0) is 15.0. The molecule has 0 saturated heterocycles. The van der Waals surface area contributed by atoms with E-state index >= 15 is 0 Å². The number of nitrogens with zero attached hydrogens (tertiary/aromatic N) is 4. The summed E-state index contributed by atoms with van der Waals surface area (Å²) in [6, 6.07) is -0.147. The van der Waals surface area contributed by atoms with E-state index in [4.69, 9.17) is 0 Å². The third kappa shape index (κ3) is 2.01. The number of aliphatic hydroxyl groups is 1. The maximum Gasteiger partial charge on any atom is 0.332 e. The first-order valence-electron chi connectivity index (χ1n) is 6.42. The number of aromatic nitrogens is 4. The van der Waals surface area contributed by atoms with Gasteiger partial charge in [0.1, 0.15) is 0 Å². The standard InChI is InChI=1S/C12H19N5O3/c1-5-7(6-18)13-11-14-9-8(15(11)2)10(19)17(4)12(20)16(9)3/h7,18H,5-6H2,1-4H3,(H,13,14)/t7-/m0/s1. The van der Waals surface area contributed by atoms with Crippen LogP contribution in [-0.4, -0.2) is 36.4 Å². The normalized spacial score (nSPS) is 12.8. The molecule has 2 aromatic heterocycles. The van der Waals surface area contributed by atoms with Crippen LogP contribution in [0.4, 0.5) is 5.95 Å². The largest absolute Gasteiger partial charge is 0.394 e. The molecule has 0 bridgehead atoms.